The van der Waals surface area contributed by atoms with Crippen molar-refractivity contribution in [1.82, 2.24) is 10.6 Å². The highest BCUT2D eigenvalue weighted by molar-refractivity contribution is 5.81. The van der Waals surface area contributed by atoms with Crippen LogP contribution in [0.25, 0.3) is 0 Å². The van der Waals surface area contributed by atoms with Gasteiger partial charge in [-0.1, -0.05) is 20.8 Å². The lowest BCUT2D eigenvalue weighted by Gasteiger charge is -2.23. The Labute approximate surface area is 148 Å². The van der Waals surface area contributed by atoms with E-state index < -0.39 is 29.8 Å². The Balaban J connectivity index is 2.50. The molecule has 0 spiro atoms. The predicted molar refractivity (Wildman–Crippen MR) is 94.0 cm³/mol. The second-order valence-corrected chi connectivity index (χ2v) is 6.72. The summed E-state index contributed by atoms with van der Waals surface area (Å²) in [7, 11) is 0. The van der Waals surface area contributed by atoms with E-state index in [1.165, 1.54) is 12.1 Å². The molecule has 0 saturated carbocycles. The molecule has 0 heterocycles. The normalized spacial score (nSPS) is 15.0. The van der Waals surface area contributed by atoms with Crippen LogP contribution in [0.3, 0.4) is 0 Å². The summed E-state index contributed by atoms with van der Waals surface area (Å²) in [6, 6.07) is 2.04. The first-order valence-electron chi connectivity index (χ1n) is 8.62. The molecule has 1 aromatic carbocycles. The summed E-state index contributed by atoms with van der Waals surface area (Å²) in [4.78, 5) is 12.1. The zero-order chi connectivity index (χ0) is 19.0. The second kappa shape index (κ2) is 10.4. The number of amides is 1. The molecule has 1 aromatic rings. The van der Waals surface area contributed by atoms with E-state index in [1.54, 1.807) is 0 Å². The number of carbonyl (C=O) groups is 1. The molecule has 0 bridgehead atoms. The van der Waals surface area contributed by atoms with Crippen molar-refractivity contribution in [3.05, 3.63) is 35.4 Å². The molecule has 0 radical (unpaired) electrons. The van der Waals surface area contributed by atoms with Gasteiger partial charge in [0.25, 0.3) is 0 Å². The van der Waals surface area contributed by atoms with Gasteiger partial charge in [-0.15, -0.1) is 0 Å². The average molecular weight is 357 g/mol. The lowest BCUT2D eigenvalue weighted by Crippen LogP contribution is -2.50. The highest BCUT2D eigenvalue weighted by atomic mass is 19.1. The molecule has 0 saturated heterocycles. The van der Waals surface area contributed by atoms with Crippen molar-refractivity contribution in [2.24, 2.45) is 11.7 Å². The number of aliphatic hydroxyl groups excluding tert-OH is 1. The number of hydrogen-bond donors (Lipinski definition) is 4. The molecule has 5 nitrogen and oxygen atoms in total. The van der Waals surface area contributed by atoms with Gasteiger partial charge in [0.05, 0.1) is 12.1 Å². The first-order valence-corrected chi connectivity index (χ1v) is 8.62. The predicted octanol–water partition coefficient (Wildman–Crippen LogP) is 1.34. The monoisotopic (exact) mass is 357 g/mol. The standard InChI is InChI=1S/C18H29F2N3O2/c1-4-16(18(25)23-9-11(2)3)22-10-17(24)15(21)7-12-5-13(19)8-14(20)6-12/h5-6,8,11,15-17,22,24H,4,7,9-10,21H2,1-3H3,(H,23,25)/t15-,16+,17+/m0/s1. The van der Waals surface area contributed by atoms with Gasteiger partial charge in [0.1, 0.15) is 11.6 Å². The molecule has 7 heteroatoms. The van der Waals surface area contributed by atoms with Crippen molar-refractivity contribution in [1.29, 1.82) is 0 Å². The third kappa shape index (κ3) is 7.90. The molecule has 5 N–H and O–H groups in total. The molecule has 142 valence electrons. The first kappa shape index (κ1) is 21.5. The zero-order valence-electron chi connectivity index (χ0n) is 15.1. The summed E-state index contributed by atoms with van der Waals surface area (Å²) in [6.45, 7) is 6.59. The number of nitrogens with one attached hydrogen (secondary N) is 2. The number of hydrogen-bond acceptors (Lipinski definition) is 4. The van der Waals surface area contributed by atoms with Crippen LogP contribution in [0.1, 0.15) is 32.8 Å². The van der Waals surface area contributed by atoms with Gasteiger partial charge in [0.15, 0.2) is 0 Å². The maximum atomic E-state index is 13.2. The van der Waals surface area contributed by atoms with Gasteiger partial charge in [0, 0.05) is 25.2 Å². The van der Waals surface area contributed by atoms with Crippen LogP contribution in [0, 0.1) is 17.6 Å². The lowest BCUT2D eigenvalue weighted by atomic mass is 10.0. The molecular weight excluding hydrogens is 328 g/mol. The third-order valence-electron chi connectivity index (χ3n) is 3.87. The summed E-state index contributed by atoms with van der Waals surface area (Å²) in [6.07, 6.45) is -0.243. The Morgan fingerprint density at radius 2 is 1.80 bits per heavy atom. The Morgan fingerprint density at radius 3 is 2.32 bits per heavy atom. The van der Waals surface area contributed by atoms with E-state index in [0.29, 0.717) is 24.4 Å². The SMILES string of the molecule is CC[C@@H](NC[C@@H](O)[C@@H](N)Cc1cc(F)cc(F)c1)C(=O)NCC(C)C. The Morgan fingerprint density at radius 1 is 1.20 bits per heavy atom. The van der Waals surface area contributed by atoms with Crippen LogP contribution in [-0.2, 0) is 11.2 Å². The molecule has 1 amide bonds. The molecule has 0 fully saturated rings. The van der Waals surface area contributed by atoms with E-state index in [9.17, 15) is 18.7 Å². The van der Waals surface area contributed by atoms with Gasteiger partial charge in [-0.2, -0.15) is 0 Å². The number of rotatable bonds is 10. The van der Waals surface area contributed by atoms with E-state index in [1.807, 2.05) is 20.8 Å². The average Bonchev–Trinajstić information content (AvgIpc) is 2.52. The van der Waals surface area contributed by atoms with Crippen molar-refractivity contribution < 1.29 is 18.7 Å². The minimum atomic E-state index is -0.946. The van der Waals surface area contributed by atoms with E-state index in [-0.39, 0.29) is 18.9 Å². The second-order valence-electron chi connectivity index (χ2n) is 6.72. The quantitative estimate of drug-likeness (QED) is 0.509. The smallest absolute Gasteiger partial charge is 0.237 e. The highest BCUT2D eigenvalue weighted by Gasteiger charge is 2.20. The molecule has 0 aliphatic rings. The van der Waals surface area contributed by atoms with Crippen LogP contribution >= 0.6 is 0 Å². The van der Waals surface area contributed by atoms with Crippen LogP contribution in [0.5, 0.6) is 0 Å². The van der Waals surface area contributed by atoms with Crippen LogP contribution in [-0.4, -0.2) is 42.3 Å². The van der Waals surface area contributed by atoms with Crippen LogP contribution < -0.4 is 16.4 Å². The van der Waals surface area contributed by atoms with Crippen LogP contribution in [0.4, 0.5) is 8.78 Å². The van der Waals surface area contributed by atoms with Gasteiger partial charge in [-0.25, -0.2) is 8.78 Å². The minimum Gasteiger partial charge on any atom is -0.390 e. The molecule has 25 heavy (non-hydrogen) atoms. The molecule has 0 aromatic heterocycles. The van der Waals surface area contributed by atoms with Crippen LogP contribution in [0.15, 0.2) is 18.2 Å². The van der Waals surface area contributed by atoms with Crippen molar-refractivity contribution in [3.8, 4) is 0 Å². The number of halogens is 2. The van der Waals surface area contributed by atoms with Crippen LogP contribution in [0.2, 0.25) is 0 Å². The lowest BCUT2D eigenvalue weighted by molar-refractivity contribution is -0.123. The molecular formula is C18H29F2N3O2. The fourth-order valence-corrected chi connectivity index (χ4v) is 2.40. The van der Waals surface area contributed by atoms with Crippen molar-refractivity contribution >= 4 is 5.91 Å². The number of aliphatic hydroxyl groups is 1. The Kier molecular flexibility index (Phi) is 8.96. The van der Waals surface area contributed by atoms with Gasteiger partial charge in [-0.05, 0) is 36.5 Å². The van der Waals surface area contributed by atoms with Crippen molar-refractivity contribution in [2.75, 3.05) is 13.1 Å². The third-order valence-corrected chi connectivity index (χ3v) is 3.87. The summed E-state index contributed by atoms with van der Waals surface area (Å²) in [5, 5.41) is 16.0. The van der Waals surface area contributed by atoms with E-state index in [2.05, 4.69) is 10.6 Å². The van der Waals surface area contributed by atoms with Crippen molar-refractivity contribution in [3.63, 3.8) is 0 Å². The fraction of sp³-hybridized carbons (Fsp3) is 0.611. The van der Waals surface area contributed by atoms with E-state index in [4.69, 9.17) is 5.73 Å². The summed E-state index contributed by atoms with van der Waals surface area (Å²) >= 11 is 0. The Bertz CT molecular complexity index is 535. The fourth-order valence-electron chi connectivity index (χ4n) is 2.40. The molecule has 0 unspecified atom stereocenters. The molecule has 3 atom stereocenters. The van der Waals surface area contributed by atoms with Gasteiger partial charge in [0.2, 0.25) is 5.91 Å². The maximum absolute atomic E-state index is 13.2. The van der Waals surface area contributed by atoms with E-state index in [0.717, 1.165) is 6.07 Å². The highest BCUT2D eigenvalue weighted by Crippen LogP contribution is 2.11. The summed E-state index contributed by atoms with van der Waals surface area (Å²) in [5.41, 5.74) is 6.30. The minimum absolute atomic E-state index is 0.118. The topological polar surface area (TPSA) is 87.4 Å². The number of benzene rings is 1. The maximum Gasteiger partial charge on any atom is 0.237 e. The summed E-state index contributed by atoms with van der Waals surface area (Å²) < 4.78 is 26.4. The number of carbonyl (C=O) groups excluding carboxylic acids is 1. The first-order chi connectivity index (χ1) is 11.7. The van der Waals surface area contributed by atoms with Gasteiger partial charge in [-0.3, -0.25) is 4.79 Å². The largest absolute Gasteiger partial charge is 0.390 e. The Hall–Kier alpha value is -1.57. The van der Waals surface area contributed by atoms with Gasteiger partial charge < -0.3 is 21.5 Å². The van der Waals surface area contributed by atoms with Gasteiger partial charge >= 0.3 is 0 Å². The van der Waals surface area contributed by atoms with E-state index >= 15 is 0 Å². The molecule has 0 aliphatic carbocycles. The number of nitrogens with two attached hydrogens (primary N) is 1. The molecule has 0 aliphatic heterocycles. The zero-order valence-corrected chi connectivity index (χ0v) is 15.1. The molecule has 1 rings (SSSR count). The van der Waals surface area contributed by atoms with Crippen molar-refractivity contribution in [2.45, 2.75) is 51.8 Å². The summed E-state index contributed by atoms with van der Waals surface area (Å²) in [5.74, 6) is -1.12.